The van der Waals surface area contributed by atoms with Crippen LogP contribution >= 0.6 is 11.6 Å². The number of rotatable bonds is 7. The molecule has 5 rings (SSSR count). The Morgan fingerprint density at radius 1 is 1.12 bits per heavy atom. The van der Waals surface area contributed by atoms with E-state index in [0.717, 1.165) is 9.87 Å². The zero-order valence-corrected chi connectivity index (χ0v) is 23.8. The maximum atomic E-state index is 13.2. The van der Waals surface area contributed by atoms with Gasteiger partial charge in [0.25, 0.3) is 0 Å². The Bertz CT molecular complexity index is 1750. The molecular weight excluding hydrogens is 592 g/mol. The van der Waals surface area contributed by atoms with Gasteiger partial charge in [0.05, 0.1) is 11.4 Å². The molecule has 2 aliphatic heterocycles. The molecule has 0 aliphatic carbocycles. The van der Waals surface area contributed by atoms with Crippen LogP contribution in [0.25, 0.3) is 6.08 Å². The zero-order valence-electron chi connectivity index (χ0n) is 22.2. The highest BCUT2D eigenvalue weighted by molar-refractivity contribution is 7.93. The molecule has 1 aromatic heterocycles. The minimum Gasteiger partial charge on any atom is -0.487 e. The molecule has 3 heterocycles. The molecule has 0 saturated carbocycles. The molecule has 2 aliphatic rings. The van der Waals surface area contributed by atoms with Gasteiger partial charge in [0.2, 0.25) is 15.9 Å². The largest absolute Gasteiger partial charge is 0.519 e. The van der Waals surface area contributed by atoms with Crippen LogP contribution in [-0.4, -0.2) is 61.7 Å². The SMILES string of the molecule is Cc1oc(=O)oc1COC(=O)NC(=N)c1ccc(CN2CCN(S(=O)(=O)C3=Cc4ccc(Cl)cc4OC3)CC2=O)cc1. The van der Waals surface area contributed by atoms with Crippen LogP contribution in [0.5, 0.6) is 5.75 Å². The lowest BCUT2D eigenvalue weighted by Gasteiger charge is -2.34. The van der Waals surface area contributed by atoms with Crippen molar-refractivity contribution in [3.8, 4) is 5.75 Å². The van der Waals surface area contributed by atoms with Crippen molar-refractivity contribution in [2.45, 2.75) is 20.1 Å². The molecule has 2 N–H and O–H groups in total. The average molecular weight is 617 g/mol. The lowest BCUT2D eigenvalue weighted by molar-refractivity contribution is -0.134. The van der Waals surface area contributed by atoms with Gasteiger partial charge in [-0.2, -0.15) is 4.31 Å². The molecule has 3 aromatic rings. The van der Waals surface area contributed by atoms with Crippen molar-refractivity contribution in [1.82, 2.24) is 14.5 Å². The van der Waals surface area contributed by atoms with Crippen LogP contribution in [0.3, 0.4) is 0 Å². The van der Waals surface area contributed by atoms with E-state index in [0.29, 0.717) is 21.9 Å². The van der Waals surface area contributed by atoms with E-state index in [-0.39, 0.29) is 67.6 Å². The molecule has 0 bridgehead atoms. The molecule has 15 heteroatoms. The normalized spacial score (nSPS) is 15.4. The fourth-order valence-corrected chi connectivity index (χ4v) is 5.92. The number of amides is 2. The van der Waals surface area contributed by atoms with Gasteiger partial charge in [0.1, 0.15) is 18.2 Å². The highest BCUT2D eigenvalue weighted by Crippen LogP contribution is 2.32. The number of aryl methyl sites for hydroxylation is 1. The third-order valence-corrected chi connectivity index (χ3v) is 8.75. The lowest BCUT2D eigenvalue weighted by atomic mass is 10.1. The van der Waals surface area contributed by atoms with Crippen molar-refractivity contribution < 1.29 is 36.3 Å². The Labute approximate surface area is 244 Å². The van der Waals surface area contributed by atoms with Crippen LogP contribution in [0.15, 0.2) is 61.0 Å². The van der Waals surface area contributed by atoms with Crippen LogP contribution in [0.2, 0.25) is 5.02 Å². The molecule has 42 heavy (non-hydrogen) atoms. The van der Waals surface area contributed by atoms with Gasteiger partial charge in [-0.05, 0) is 36.8 Å². The monoisotopic (exact) mass is 616 g/mol. The van der Waals surface area contributed by atoms with Gasteiger partial charge in [-0.3, -0.25) is 15.5 Å². The van der Waals surface area contributed by atoms with E-state index in [1.807, 2.05) is 0 Å². The summed E-state index contributed by atoms with van der Waals surface area (Å²) in [5.41, 5.74) is 1.73. The molecule has 0 spiro atoms. The quantitative estimate of drug-likeness (QED) is 0.299. The first-order valence-corrected chi connectivity index (χ1v) is 14.4. The van der Waals surface area contributed by atoms with Gasteiger partial charge in [-0.1, -0.05) is 35.9 Å². The predicted molar refractivity (Wildman–Crippen MR) is 149 cm³/mol. The predicted octanol–water partition coefficient (Wildman–Crippen LogP) is 2.85. The Balaban J connectivity index is 1.14. The van der Waals surface area contributed by atoms with Gasteiger partial charge in [-0.25, -0.2) is 18.0 Å². The maximum absolute atomic E-state index is 13.2. The van der Waals surface area contributed by atoms with Crippen molar-refractivity contribution >= 4 is 45.5 Å². The smallest absolute Gasteiger partial charge is 0.487 e. The Kier molecular flexibility index (Phi) is 8.20. The van der Waals surface area contributed by atoms with E-state index in [1.165, 1.54) is 13.0 Å². The van der Waals surface area contributed by atoms with Crippen LogP contribution in [0.1, 0.15) is 28.2 Å². The van der Waals surface area contributed by atoms with E-state index in [4.69, 9.17) is 30.9 Å². The van der Waals surface area contributed by atoms with Gasteiger partial charge in [0, 0.05) is 35.8 Å². The summed E-state index contributed by atoms with van der Waals surface area (Å²) in [4.78, 5) is 37.6. The highest BCUT2D eigenvalue weighted by Gasteiger charge is 2.35. The van der Waals surface area contributed by atoms with Gasteiger partial charge < -0.3 is 23.2 Å². The van der Waals surface area contributed by atoms with Crippen LogP contribution in [0, 0.1) is 12.3 Å². The molecule has 13 nitrogen and oxygen atoms in total. The van der Waals surface area contributed by atoms with Crippen molar-refractivity contribution in [3.05, 3.63) is 91.2 Å². The zero-order chi connectivity index (χ0) is 30.0. The highest BCUT2D eigenvalue weighted by atomic mass is 35.5. The number of carbonyl (C=O) groups is 2. The van der Waals surface area contributed by atoms with E-state index in [2.05, 4.69) is 9.73 Å². The van der Waals surface area contributed by atoms with Gasteiger partial charge in [0.15, 0.2) is 18.1 Å². The minimum atomic E-state index is -3.92. The van der Waals surface area contributed by atoms with Gasteiger partial charge in [-0.15, -0.1) is 0 Å². The second-order valence-electron chi connectivity index (χ2n) is 9.44. The van der Waals surface area contributed by atoms with E-state index < -0.39 is 21.9 Å². The molecule has 2 amide bonds. The molecule has 0 atom stereocenters. The van der Waals surface area contributed by atoms with Crippen molar-refractivity contribution in [3.63, 3.8) is 0 Å². The number of fused-ring (bicyclic) bond motifs is 1. The first-order chi connectivity index (χ1) is 20.0. The molecule has 1 saturated heterocycles. The number of benzene rings is 2. The van der Waals surface area contributed by atoms with Crippen LogP contribution < -0.4 is 15.9 Å². The number of amidine groups is 1. The van der Waals surface area contributed by atoms with E-state index in [1.54, 1.807) is 47.4 Å². The Morgan fingerprint density at radius 2 is 1.88 bits per heavy atom. The topological polar surface area (TPSA) is 172 Å². The first-order valence-electron chi connectivity index (χ1n) is 12.6. The fourth-order valence-electron chi connectivity index (χ4n) is 4.34. The summed E-state index contributed by atoms with van der Waals surface area (Å²) < 4.78 is 47.6. The number of carbonyl (C=O) groups excluding carboxylic acids is 2. The third kappa shape index (κ3) is 6.40. The van der Waals surface area contributed by atoms with Gasteiger partial charge >= 0.3 is 11.9 Å². The van der Waals surface area contributed by atoms with E-state index >= 15 is 0 Å². The summed E-state index contributed by atoms with van der Waals surface area (Å²) in [5, 5.41) is 10.9. The molecule has 220 valence electrons. The number of hydrogen-bond donors (Lipinski definition) is 2. The minimum absolute atomic E-state index is 0.0654. The van der Waals surface area contributed by atoms with Crippen molar-refractivity contribution in [2.75, 3.05) is 26.2 Å². The fraction of sp³-hybridized carbons (Fsp3) is 0.259. The summed E-state index contributed by atoms with van der Waals surface area (Å²) in [6, 6.07) is 11.5. The van der Waals surface area contributed by atoms with Crippen LogP contribution in [-0.2, 0) is 32.7 Å². The van der Waals surface area contributed by atoms with Crippen molar-refractivity contribution in [1.29, 1.82) is 5.41 Å². The summed E-state index contributed by atoms with van der Waals surface area (Å²) in [7, 11) is -3.92. The Morgan fingerprint density at radius 3 is 2.57 bits per heavy atom. The summed E-state index contributed by atoms with van der Waals surface area (Å²) >= 11 is 5.97. The first kappa shape index (κ1) is 29.1. The summed E-state index contributed by atoms with van der Waals surface area (Å²) in [5.74, 6) is -0.726. The molecule has 1 fully saturated rings. The number of sulfonamides is 1. The summed E-state index contributed by atoms with van der Waals surface area (Å²) in [6.07, 6.45) is 0.615. The second-order valence-corrected chi connectivity index (χ2v) is 11.9. The second kappa shape index (κ2) is 11.8. The summed E-state index contributed by atoms with van der Waals surface area (Å²) in [6.45, 7) is 1.25. The lowest BCUT2D eigenvalue weighted by Crippen LogP contribution is -2.52. The molecule has 0 radical (unpaired) electrons. The average Bonchev–Trinajstić information content (AvgIpc) is 3.29. The number of nitrogens with zero attached hydrogens (tertiary/aromatic N) is 2. The number of piperazine rings is 1. The number of hydrogen-bond acceptors (Lipinski definition) is 10. The van der Waals surface area contributed by atoms with E-state index in [9.17, 15) is 22.8 Å². The van der Waals surface area contributed by atoms with Crippen molar-refractivity contribution in [2.24, 2.45) is 0 Å². The number of ether oxygens (including phenoxy) is 2. The third-order valence-electron chi connectivity index (χ3n) is 6.63. The number of nitrogens with one attached hydrogen (secondary N) is 2. The standard InChI is InChI=1S/C27H25ClN4O9S/c1-16-23(41-27(35)40-16)15-39-26(34)30-25(29)18-4-2-17(3-5-18)12-31-8-9-32(13-24(31)33)42(36,37)21-10-19-6-7-20(28)11-22(19)38-14-21/h2-7,10-11H,8-9,12-15H2,1H3,(H2,29,30,34). The number of alkyl carbamates (subject to hydrolysis) is 1. The molecule has 2 aromatic carbocycles. The molecule has 0 unspecified atom stereocenters. The Hall–Kier alpha value is -4.40. The maximum Gasteiger partial charge on any atom is 0.519 e. The number of halogens is 1. The molecular formula is C27H25ClN4O9S. The van der Waals surface area contributed by atoms with Crippen LogP contribution in [0.4, 0.5) is 4.79 Å².